The smallest absolute Gasteiger partial charge is 0.250 e. The van der Waals surface area contributed by atoms with Gasteiger partial charge >= 0.3 is 0 Å². The zero-order valence-corrected chi connectivity index (χ0v) is 43.8. The minimum Gasteiger partial charge on any atom is -0.543 e. The molecule has 68 heavy (non-hydrogen) atoms. The highest BCUT2D eigenvalue weighted by Gasteiger charge is 2.50. The van der Waals surface area contributed by atoms with E-state index in [2.05, 4.69) is 67.7 Å². The van der Waals surface area contributed by atoms with Crippen molar-refractivity contribution in [1.29, 1.82) is 0 Å². The van der Waals surface area contributed by atoms with Crippen LogP contribution < -0.4 is 13.6 Å². The van der Waals surface area contributed by atoms with Gasteiger partial charge in [0.05, 0.1) is 40.1 Å². The molecular weight excluding hydrogens is 893 g/mol. The third kappa shape index (κ3) is 14.1. The summed E-state index contributed by atoms with van der Waals surface area (Å²) in [4.78, 5) is 14.7. The van der Waals surface area contributed by atoms with Crippen LogP contribution in [-0.2, 0) is 54.8 Å². The third-order valence-electron chi connectivity index (χ3n) is 13.2. The molecule has 1 aliphatic heterocycles. The fraction of sp³-hybridized carbons (Fsp3) is 0.436. The van der Waals surface area contributed by atoms with Gasteiger partial charge < -0.3 is 47.1 Å². The SMILES string of the molecule is COc1ccc(COC[C@H]2O[C@@H](OCC(=O)c3c(O)cc(O[Si](C)(C)C(C)(C)C)cc3O[Si](C)(C)C(C)(C)C)[C@H](OCc3ccccc3)[C@@H](OCc3ccccc3)[C@@H]2OCc2ccccc2)cc1. The van der Waals surface area contributed by atoms with Crippen LogP contribution >= 0.6 is 0 Å². The Kier molecular flexibility index (Phi) is 17.9. The summed E-state index contributed by atoms with van der Waals surface area (Å²) in [5.74, 6) is 0.687. The van der Waals surface area contributed by atoms with Crippen LogP contribution in [0.15, 0.2) is 127 Å². The van der Waals surface area contributed by atoms with Gasteiger partial charge in [0, 0.05) is 12.1 Å². The largest absolute Gasteiger partial charge is 0.543 e. The molecule has 13 heteroatoms. The van der Waals surface area contributed by atoms with Gasteiger partial charge in [-0.15, -0.1) is 0 Å². The molecule has 0 radical (unpaired) electrons. The molecule has 0 bridgehead atoms. The van der Waals surface area contributed by atoms with Gasteiger partial charge in [-0.25, -0.2) is 0 Å². The van der Waals surface area contributed by atoms with Gasteiger partial charge in [-0.05, 0) is 70.7 Å². The Morgan fingerprint density at radius 1 is 0.574 bits per heavy atom. The summed E-state index contributed by atoms with van der Waals surface area (Å²) in [5.41, 5.74) is 3.80. The number of phenolic OH excluding ortho intramolecular Hbond substituents is 1. The summed E-state index contributed by atoms with van der Waals surface area (Å²) in [6.07, 6.45) is -4.28. The van der Waals surface area contributed by atoms with E-state index in [0.29, 0.717) is 5.75 Å². The molecule has 0 spiro atoms. The maximum atomic E-state index is 14.7. The molecular formula is C55H72O11Si2. The van der Waals surface area contributed by atoms with Gasteiger partial charge in [0.2, 0.25) is 8.32 Å². The van der Waals surface area contributed by atoms with E-state index in [1.54, 1.807) is 13.2 Å². The predicted octanol–water partition coefficient (Wildman–Crippen LogP) is 12.1. The summed E-state index contributed by atoms with van der Waals surface area (Å²) in [7, 11) is -3.27. The number of hydrogen-bond acceptors (Lipinski definition) is 11. The minimum absolute atomic E-state index is 0.00953. The summed E-state index contributed by atoms with van der Waals surface area (Å²) in [6, 6.07) is 40.5. The van der Waals surface area contributed by atoms with Crippen molar-refractivity contribution in [1.82, 2.24) is 0 Å². The predicted molar refractivity (Wildman–Crippen MR) is 270 cm³/mol. The second-order valence-electron chi connectivity index (χ2n) is 20.5. The lowest BCUT2D eigenvalue weighted by Crippen LogP contribution is -2.62. The second-order valence-corrected chi connectivity index (χ2v) is 29.9. The number of phenols is 1. The molecule has 11 nitrogen and oxygen atoms in total. The van der Waals surface area contributed by atoms with Crippen LogP contribution in [0.3, 0.4) is 0 Å². The molecule has 6 rings (SSSR count). The highest BCUT2D eigenvalue weighted by Crippen LogP contribution is 2.44. The molecule has 1 aliphatic rings. The van der Waals surface area contributed by atoms with Crippen molar-refractivity contribution in [3.8, 4) is 23.0 Å². The first-order valence-electron chi connectivity index (χ1n) is 23.5. The molecule has 1 saturated heterocycles. The number of methoxy groups -OCH3 is 1. The molecule has 0 saturated carbocycles. The van der Waals surface area contributed by atoms with Crippen molar-refractivity contribution >= 4 is 22.4 Å². The maximum Gasteiger partial charge on any atom is 0.250 e. The molecule has 0 aromatic heterocycles. The summed E-state index contributed by atoms with van der Waals surface area (Å²) in [6.45, 7) is 21.9. The monoisotopic (exact) mass is 964 g/mol. The standard InChI is InChI=1S/C55H72O11Si2/c1-54(2,3)67(8,9)65-44-31-45(56)49(47(32-44)66-68(10,11)55(4,5)6)46(57)37-63-53-52(62-36-41-25-19-14-20-26-41)51(61-35-40-23-17-13-18-24-40)50(60-34-39-21-15-12-16-22-39)48(64-53)38-59-33-42-27-29-43(58-7)30-28-42/h12-32,48,50-53,56H,33-38H2,1-11H3/t48-,50-,51+,52-,53-/m1/s1. The van der Waals surface area contributed by atoms with Crippen LogP contribution in [0.5, 0.6) is 23.0 Å². The zero-order valence-electron chi connectivity index (χ0n) is 41.8. The molecule has 0 unspecified atom stereocenters. The van der Waals surface area contributed by atoms with E-state index in [-0.39, 0.29) is 60.2 Å². The molecule has 5 atom stereocenters. The van der Waals surface area contributed by atoms with Gasteiger partial charge in [0.1, 0.15) is 59.6 Å². The lowest BCUT2D eigenvalue weighted by molar-refractivity contribution is -0.326. The molecule has 5 aromatic carbocycles. The number of carbonyl (C=O) groups is 1. The van der Waals surface area contributed by atoms with Crippen LogP contribution in [0.25, 0.3) is 0 Å². The molecule has 0 aliphatic carbocycles. The molecule has 1 N–H and O–H groups in total. The van der Waals surface area contributed by atoms with Crippen molar-refractivity contribution in [3.05, 3.63) is 155 Å². The Bertz CT molecular complexity index is 2330. The summed E-state index contributed by atoms with van der Waals surface area (Å²) in [5, 5.41) is 11.5. The fourth-order valence-electron chi connectivity index (χ4n) is 7.13. The summed E-state index contributed by atoms with van der Waals surface area (Å²) < 4.78 is 59.2. The van der Waals surface area contributed by atoms with Gasteiger partial charge in [-0.2, -0.15) is 0 Å². The fourth-order valence-corrected chi connectivity index (χ4v) is 9.16. The van der Waals surface area contributed by atoms with Gasteiger partial charge in [-0.3, -0.25) is 4.79 Å². The van der Waals surface area contributed by atoms with Crippen molar-refractivity contribution in [2.24, 2.45) is 0 Å². The van der Waals surface area contributed by atoms with E-state index in [0.717, 1.165) is 28.0 Å². The Hall–Kier alpha value is -4.84. The average Bonchev–Trinajstić information content (AvgIpc) is 3.29. The number of aromatic hydroxyl groups is 1. The number of hydrogen-bond donors (Lipinski definition) is 1. The number of ketones is 1. The first-order chi connectivity index (χ1) is 32.2. The zero-order chi connectivity index (χ0) is 49.1. The minimum atomic E-state index is -2.56. The van der Waals surface area contributed by atoms with Gasteiger partial charge in [-0.1, -0.05) is 145 Å². The van der Waals surface area contributed by atoms with Crippen LogP contribution in [0, 0.1) is 0 Å². The lowest BCUT2D eigenvalue weighted by Gasteiger charge is -2.45. The number of carbonyl (C=O) groups excluding carboxylic acids is 1. The average molecular weight is 965 g/mol. The Labute approximate surface area is 406 Å². The lowest BCUT2D eigenvalue weighted by atomic mass is 9.97. The van der Waals surface area contributed by atoms with Crippen molar-refractivity contribution < 1.29 is 51.9 Å². The number of rotatable bonds is 22. The highest BCUT2D eigenvalue weighted by molar-refractivity contribution is 6.75. The first-order valence-corrected chi connectivity index (χ1v) is 29.3. The maximum absolute atomic E-state index is 14.7. The van der Waals surface area contributed by atoms with E-state index in [1.807, 2.05) is 115 Å². The van der Waals surface area contributed by atoms with Crippen LogP contribution in [0.4, 0.5) is 0 Å². The van der Waals surface area contributed by atoms with E-state index in [4.69, 9.17) is 42.0 Å². The topological polar surface area (TPSA) is 120 Å². The van der Waals surface area contributed by atoms with Gasteiger partial charge in [0.15, 0.2) is 12.1 Å². The van der Waals surface area contributed by atoms with E-state index in [1.165, 1.54) is 6.07 Å². The Morgan fingerprint density at radius 3 is 1.54 bits per heavy atom. The number of benzene rings is 5. The highest BCUT2D eigenvalue weighted by atomic mass is 28.4. The van der Waals surface area contributed by atoms with Crippen molar-refractivity contribution in [2.75, 3.05) is 20.3 Å². The molecule has 0 amide bonds. The Morgan fingerprint density at radius 2 is 1.04 bits per heavy atom. The molecule has 5 aromatic rings. The van der Waals surface area contributed by atoms with E-state index in [9.17, 15) is 9.90 Å². The molecule has 366 valence electrons. The number of Topliss-reactive ketones (excluding diaryl/α,β-unsaturated/α-hetero) is 1. The molecule has 1 heterocycles. The van der Waals surface area contributed by atoms with Crippen molar-refractivity contribution in [3.63, 3.8) is 0 Å². The van der Waals surface area contributed by atoms with E-state index < -0.39 is 59.7 Å². The van der Waals surface area contributed by atoms with Gasteiger partial charge in [0.25, 0.3) is 8.32 Å². The Balaban J connectivity index is 1.37. The second kappa shape index (κ2) is 23.2. The van der Waals surface area contributed by atoms with E-state index >= 15 is 0 Å². The molecule has 1 fully saturated rings. The van der Waals surface area contributed by atoms with Crippen LogP contribution in [0.1, 0.15) is 74.2 Å². The van der Waals surface area contributed by atoms with Crippen molar-refractivity contribution in [2.45, 2.75) is 135 Å². The first kappa shape index (κ1) is 52.5. The quantitative estimate of drug-likeness (QED) is 0.0527. The van der Waals surface area contributed by atoms with Crippen LogP contribution in [0.2, 0.25) is 36.3 Å². The number of ether oxygens (including phenoxy) is 7. The van der Waals surface area contributed by atoms with Crippen LogP contribution in [-0.4, -0.2) is 78.6 Å². The third-order valence-corrected chi connectivity index (χ3v) is 21.9. The summed E-state index contributed by atoms with van der Waals surface area (Å²) >= 11 is 0. The normalized spacial score (nSPS) is 19.1.